The first-order chi connectivity index (χ1) is 12.1. The lowest BCUT2D eigenvalue weighted by molar-refractivity contribution is -0.155. The van der Waals surface area contributed by atoms with Gasteiger partial charge < -0.3 is 5.11 Å². The van der Waals surface area contributed by atoms with E-state index in [1.807, 2.05) is 42.2 Å². The summed E-state index contributed by atoms with van der Waals surface area (Å²) in [6.45, 7) is 3.22. The molecule has 0 spiro atoms. The number of carbonyl (C=O) groups is 1. The second-order valence-corrected chi connectivity index (χ2v) is 6.73. The number of halogens is 1. The number of hydrogen-bond acceptors (Lipinski definition) is 2. The van der Waals surface area contributed by atoms with Crippen molar-refractivity contribution < 1.29 is 14.3 Å². The van der Waals surface area contributed by atoms with Gasteiger partial charge in [-0.3, -0.25) is 4.90 Å². The van der Waals surface area contributed by atoms with Gasteiger partial charge in [0, 0.05) is 11.5 Å². The molecule has 0 aliphatic carbocycles. The number of rotatable bonds is 5. The van der Waals surface area contributed by atoms with Crippen molar-refractivity contribution in [3.05, 3.63) is 71.5 Å². The summed E-state index contributed by atoms with van der Waals surface area (Å²) in [6.07, 6.45) is 2.96. The smallest absolute Gasteiger partial charge is 0.329 e. The van der Waals surface area contributed by atoms with E-state index in [2.05, 4.69) is 0 Å². The number of nitrogens with zero attached hydrogens (tertiary/aromatic N) is 1. The van der Waals surface area contributed by atoms with Crippen LogP contribution in [0, 0.1) is 5.82 Å². The fourth-order valence-corrected chi connectivity index (χ4v) is 4.11. The number of benzene rings is 2. The third kappa shape index (κ3) is 3.07. The van der Waals surface area contributed by atoms with E-state index in [1.165, 1.54) is 6.07 Å². The second-order valence-electron chi connectivity index (χ2n) is 6.73. The molecular formula is C21H24FNO2. The first-order valence-electron chi connectivity index (χ1n) is 8.87. The van der Waals surface area contributed by atoms with Crippen molar-refractivity contribution in [2.45, 2.75) is 37.6 Å². The molecule has 2 unspecified atom stereocenters. The molecule has 3 nitrogen and oxygen atoms in total. The van der Waals surface area contributed by atoms with Gasteiger partial charge in [-0.05, 0) is 37.6 Å². The van der Waals surface area contributed by atoms with E-state index in [0.29, 0.717) is 13.1 Å². The van der Waals surface area contributed by atoms with Gasteiger partial charge >= 0.3 is 5.97 Å². The zero-order chi connectivity index (χ0) is 17.9. The molecule has 0 amide bonds. The summed E-state index contributed by atoms with van der Waals surface area (Å²) < 4.78 is 14.8. The monoisotopic (exact) mass is 341 g/mol. The topological polar surface area (TPSA) is 40.5 Å². The van der Waals surface area contributed by atoms with Gasteiger partial charge in [0.2, 0.25) is 0 Å². The summed E-state index contributed by atoms with van der Waals surface area (Å²) >= 11 is 0. The van der Waals surface area contributed by atoms with Crippen LogP contribution in [0.5, 0.6) is 0 Å². The number of carboxylic acid groups (broad SMARTS) is 1. The van der Waals surface area contributed by atoms with Crippen LogP contribution in [0.15, 0.2) is 54.6 Å². The van der Waals surface area contributed by atoms with Gasteiger partial charge in [0.05, 0.1) is 0 Å². The molecule has 3 rings (SSSR count). The third-order valence-electron chi connectivity index (χ3n) is 5.39. The zero-order valence-electron chi connectivity index (χ0n) is 14.5. The summed E-state index contributed by atoms with van der Waals surface area (Å²) in [5.41, 5.74) is -0.257. The molecule has 0 aromatic heterocycles. The normalized spacial score (nSPS) is 19.1. The van der Waals surface area contributed by atoms with E-state index in [-0.39, 0.29) is 11.5 Å². The highest BCUT2D eigenvalue weighted by molar-refractivity contribution is 5.82. The summed E-state index contributed by atoms with van der Waals surface area (Å²) in [4.78, 5) is 14.6. The Morgan fingerprint density at radius 2 is 1.64 bits per heavy atom. The van der Waals surface area contributed by atoms with Crippen LogP contribution in [0.3, 0.4) is 0 Å². The largest absolute Gasteiger partial charge is 0.480 e. The fourth-order valence-electron chi connectivity index (χ4n) is 4.11. The first kappa shape index (κ1) is 17.6. The lowest BCUT2D eigenvalue weighted by Gasteiger charge is -2.46. The van der Waals surface area contributed by atoms with E-state index in [1.54, 1.807) is 18.2 Å². The van der Waals surface area contributed by atoms with Crippen LogP contribution in [0.4, 0.5) is 4.39 Å². The van der Waals surface area contributed by atoms with Crippen molar-refractivity contribution in [2.75, 3.05) is 13.1 Å². The van der Waals surface area contributed by atoms with Gasteiger partial charge in [0.15, 0.2) is 5.54 Å². The lowest BCUT2D eigenvalue weighted by atomic mass is 9.73. The highest BCUT2D eigenvalue weighted by Gasteiger charge is 2.52. The molecular weight excluding hydrogens is 317 g/mol. The van der Waals surface area contributed by atoms with E-state index < -0.39 is 17.3 Å². The van der Waals surface area contributed by atoms with Gasteiger partial charge in [-0.2, -0.15) is 0 Å². The van der Waals surface area contributed by atoms with Crippen LogP contribution in [-0.4, -0.2) is 29.1 Å². The Kier molecular flexibility index (Phi) is 5.19. The Labute approximate surface area is 148 Å². The minimum absolute atomic E-state index is 0.251. The molecule has 1 saturated heterocycles. The maximum absolute atomic E-state index is 14.8. The highest BCUT2D eigenvalue weighted by atomic mass is 19.1. The Hall–Kier alpha value is -2.20. The van der Waals surface area contributed by atoms with E-state index in [4.69, 9.17) is 0 Å². The Morgan fingerprint density at radius 1 is 1.04 bits per heavy atom. The van der Waals surface area contributed by atoms with Gasteiger partial charge in [0.25, 0.3) is 0 Å². The minimum atomic E-state index is -1.41. The van der Waals surface area contributed by atoms with Crippen LogP contribution in [0.1, 0.15) is 43.2 Å². The minimum Gasteiger partial charge on any atom is -0.480 e. The molecule has 2 atom stereocenters. The Morgan fingerprint density at radius 3 is 2.24 bits per heavy atom. The van der Waals surface area contributed by atoms with Crippen LogP contribution in [0.2, 0.25) is 0 Å². The Bertz CT molecular complexity index is 728. The fraction of sp³-hybridized carbons (Fsp3) is 0.381. The zero-order valence-corrected chi connectivity index (χ0v) is 14.5. The summed E-state index contributed by atoms with van der Waals surface area (Å²) in [5, 5.41) is 10.4. The highest BCUT2D eigenvalue weighted by Crippen LogP contribution is 2.44. The third-order valence-corrected chi connectivity index (χ3v) is 5.39. The molecule has 1 aliphatic heterocycles. The van der Waals surface area contributed by atoms with Gasteiger partial charge in [-0.15, -0.1) is 0 Å². The quantitative estimate of drug-likeness (QED) is 0.876. The average Bonchev–Trinajstić information content (AvgIpc) is 2.65. The lowest BCUT2D eigenvalue weighted by Crippen LogP contribution is -2.57. The van der Waals surface area contributed by atoms with Crippen molar-refractivity contribution in [3.8, 4) is 0 Å². The standard InChI is InChI=1S/C21H24FNO2/c1-16(17-10-4-2-5-11-17)21(20(24)25,23-14-8-3-9-15-23)18-12-6-7-13-19(18)22/h2,4-7,10-13,16H,3,8-9,14-15H2,1H3,(H,24,25). The second kappa shape index (κ2) is 7.36. The summed E-state index contributed by atoms with van der Waals surface area (Å²) in [5.74, 6) is -1.84. The van der Waals surface area contributed by atoms with Crippen molar-refractivity contribution in [3.63, 3.8) is 0 Å². The maximum Gasteiger partial charge on any atom is 0.329 e. The molecule has 132 valence electrons. The van der Waals surface area contributed by atoms with Crippen molar-refractivity contribution in [1.29, 1.82) is 0 Å². The van der Waals surface area contributed by atoms with Crippen LogP contribution in [0.25, 0.3) is 0 Å². The maximum atomic E-state index is 14.8. The van der Waals surface area contributed by atoms with Crippen molar-refractivity contribution in [1.82, 2.24) is 4.90 Å². The number of piperidine rings is 1. The van der Waals surface area contributed by atoms with Crippen LogP contribution >= 0.6 is 0 Å². The van der Waals surface area contributed by atoms with E-state index in [9.17, 15) is 14.3 Å². The summed E-state index contributed by atoms with van der Waals surface area (Å²) in [7, 11) is 0. The molecule has 4 heteroatoms. The van der Waals surface area contributed by atoms with E-state index >= 15 is 0 Å². The molecule has 1 fully saturated rings. The predicted molar refractivity (Wildman–Crippen MR) is 96.0 cm³/mol. The van der Waals surface area contributed by atoms with Crippen molar-refractivity contribution >= 4 is 5.97 Å². The molecule has 1 heterocycles. The average molecular weight is 341 g/mol. The summed E-state index contributed by atoms with van der Waals surface area (Å²) in [6, 6.07) is 15.9. The number of likely N-dealkylation sites (tertiary alicyclic amines) is 1. The van der Waals surface area contributed by atoms with E-state index in [0.717, 1.165) is 24.8 Å². The number of carboxylic acids is 1. The van der Waals surface area contributed by atoms with Crippen molar-refractivity contribution in [2.24, 2.45) is 0 Å². The molecule has 0 bridgehead atoms. The SMILES string of the molecule is CC(c1ccccc1)C(C(=O)O)(c1ccccc1F)N1CCCCC1. The number of hydrogen-bond donors (Lipinski definition) is 1. The van der Waals surface area contributed by atoms with Gasteiger partial charge in [-0.25, -0.2) is 9.18 Å². The Balaban J connectivity index is 2.21. The molecule has 0 saturated carbocycles. The first-order valence-corrected chi connectivity index (χ1v) is 8.87. The van der Waals surface area contributed by atoms with Gasteiger partial charge in [-0.1, -0.05) is 61.9 Å². The predicted octanol–water partition coefficient (Wildman–Crippen LogP) is 4.40. The molecule has 1 N–H and O–H groups in total. The molecule has 2 aromatic rings. The van der Waals surface area contributed by atoms with Crippen LogP contribution < -0.4 is 0 Å². The van der Waals surface area contributed by atoms with Crippen LogP contribution in [-0.2, 0) is 10.3 Å². The molecule has 1 aliphatic rings. The van der Waals surface area contributed by atoms with Gasteiger partial charge in [0.1, 0.15) is 5.82 Å². The molecule has 0 radical (unpaired) electrons. The number of aliphatic carboxylic acids is 1. The molecule has 25 heavy (non-hydrogen) atoms. The molecule has 2 aromatic carbocycles.